The monoisotopic (exact) mass is 649 g/mol. The van der Waals surface area contributed by atoms with Crippen molar-refractivity contribution in [1.82, 2.24) is 0 Å². The molecule has 47 heavy (non-hydrogen) atoms. The van der Waals surface area contributed by atoms with Crippen LogP contribution in [0.4, 0.5) is 0 Å². The highest BCUT2D eigenvalue weighted by atomic mass is 16.8. The molecule has 0 spiro atoms. The van der Waals surface area contributed by atoms with Gasteiger partial charge in [0.2, 0.25) is 0 Å². The van der Waals surface area contributed by atoms with Crippen LogP contribution in [0.25, 0.3) is 0 Å². The van der Waals surface area contributed by atoms with Crippen LogP contribution in [0.1, 0.15) is 44.4 Å². The maximum Gasteiger partial charge on any atom is 0.302 e. The van der Waals surface area contributed by atoms with E-state index in [0.29, 0.717) is 0 Å². The number of hydrogen-bond donors (Lipinski definition) is 1. The highest BCUT2D eigenvalue weighted by molar-refractivity contribution is 5.65. The predicted octanol–water partition coefficient (Wildman–Crippen LogP) is 4.91. The van der Waals surface area contributed by atoms with Crippen LogP contribution in [0, 0.1) is 0 Å². The van der Waals surface area contributed by atoms with Crippen molar-refractivity contribution in [3.63, 3.8) is 0 Å². The molecule has 0 saturated carbocycles. The summed E-state index contributed by atoms with van der Waals surface area (Å²) < 4.78 is 50.2. The Hall–Kier alpha value is -3.19. The normalized spacial score (nSPS) is 27.7. The molecule has 10 nitrogen and oxygen atoms in total. The second kappa shape index (κ2) is 16.8. The van der Waals surface area contributed by atoms with Gasteiger partial charge in [-0.15, -0.1) is 0 Å². The Morgan fingerprint density at radius 3 is 1.70 bits per heavy atom. The van der Waals surface area contributed by atoms with Gasteiger partial charge in [0.05, 0.1) is 38.6 Å². The molecule has 0 amide bonds. The molecular formula is C37H47NO9. The SMILES string of the molecule is CC(=O)OCC1O[C@H](OC[C@H](N)[C@@H]2OC(C)(C)O[C@@H]2C)C(OCc2ccccc2)C(OCc2ccccc2)[C@H]1OCc1ccccc1. The largest absolute Gasteiger partial charge is 0.463 e. The van der Waals surface area contributed by atoms with Crippen molar-refractivity contribution < 1.29 is 42.7 Å². The van der Waals surface area contributed by atoms with Crippen molar-refractivity contribution in [3.8, 4) is 0 Å². The van der Waals surface area contributed by atoms with Gasteiger partial charge in [-0.25, -0.2) is 0 Å². The third-order valence-electron chi connectivity index (χ3n) is 8.13. The first kappa shape index (κ1) is 35.1. The fraction of sp³-hybridized carbons (Fsp3) is 0.486. The van der Waals surface area contributed by atoms with E-state index in [4.69, 9.17) is 43.6 Å². The van der Waals surface area contributed by atoms with Gasteiger partial charge in [-0.3, -0.25) is 4.79 Å². The maximum absolute atomic E-state index is 12.0. The number of carbonyl (C=O) groups is 1. The van der Waals surface area contributed by atoms with Gasteiger partial charge >= 0.3 is 5.97 Å². The zero-order chi connectivity index (χ0) is 33.2. The Balaban J connectivity index is 1.43. The van der Waals surface area contributed by atoms with E-state index < -0.39 is 48.5 Å². The van der Waals surface area contributed by atoms with E-state index in [1.165, 1.54) is 6.92 Å². The zero-order valence-electron chi connectivity index (χ0n) is 27.6. The molecule has 0 bridgehead atoms. The lowest BCUT2D eigenvalue weighted by Crippen LogP contribution is -2.62. The summed E-state index contributed by atoms with van der Waals surface area (Å²) in [4.78, 5) is 12.0. The molecule has 0 aromatic heterocycles. The standard InChI is InChI=1S/C37H47NO9/c1-25-32(47-37(3,4)46-25)30(38)23-44-36-35(43-22-29-18-12-7-13-19-29)34(42-21-28-16-10-6-11-17-28)33(31(45-36)24-40-26(2)39)41-20-27-14-8-5-9-15-27/h5-19,25,30-36H,20-24,38H2,1-4H3/t25-,30+,31?,32-,33+,34?,35?,36+/m1/s1. The molecule has 8 atom stereocenters. The molecule has 0 radical (unpaired) electrons. The van der Waals surface area contributed by atoms with Gasteiger partial charge in [0.15, 0.2) is 12.1 Å². The second-order valence-electron chi connectivity index (χ2n) is 12.4. The molecule has 2 aliphatic heterocycles. The molecule has 2 N–H and O–H groups in total. The van der Waals surface area contributed by atoms with Gasteiger partial charge in [0, 0.05) is 6.92 Å². The van der Waals surface area contributed by atoms with Crippen LogP contribution < -0.4 is 5.73 Å². The van der Waals surface area contributed by atoms with Gasteiger partial charge in [-0.1, -0.05) is 91.0 Å². The Labute approximate surface area is 277 Å². The number of esters is 1. The third kappa shape index (κ3) is 10.2. The number of ether oxygens (including phenoxy) is 8. The van der Waals surface area contributed by atoms with Crippen molar-refractivity contribution in [3.05, 3.63) is 108 Å². The molecule has 10 heteroatoms. The summed E-state index contributed by atoms with van der Waals surface area (Å²) in [6, 6.07) is 29.0. The first-order valence-electron chi connectivity index (χ1n) is 16.2. The number of hydrogen-bond acceptors (Lipinski definition) is 10. The summed E-state index contributed by atoms with van der Waals surface area (Å²) in [7, 11) is 0. The summed E-state index contributed by atoms with van der Waals surface area (Å²) in [5, 5.41) is 0. The van der Waals surface area contributed by atoms with Crippen molar-refractivity contribution in [2.75, 3.05) is 13.2 Å². The molecule has 3 aromatic carbocycles. The maximum atomic E-state index is 12.0. The average molecular weight is 650 g/mol. The van der Waals surface area contributed by atoms with Gasteiger partial charge in [0.25, 0.3) is 0 Å². The first-order chi connectivity index (χ1) is 22.7. The highest BCUT2D eigenvalue weighted by Gasteiger charge is 2.50. The van der Waals surface area contributed by atoms with Crippen molar-refractivity contribution in [2.24, 2.45) is 5.73 Å². The lowest BCUT2D eigenvalue weighted by Gasteiger charge is -2.46. The van der Waals surface area contributed by atoms with Gasteiger partial charge in [-0.2, -0.15) is 0 Å². The Morgan fingerprint density at radius 1 is 0.745 bits per heavy atom. The molecule has 2 aliphatic rings. The summed E-state index contributed by atoms with van der Waals surface area (Å²) in [6.07, 6.45) is -4.38. The molecule has 3 aromatic rings. The molecule has 2 fully saturated rings. The van der Waals surface area contributed by atoms with Crippen LogP contribution in [0.2, 0.25) is 0 Å². The smallest absolute Gasteiger partial charge is 0.302 e. The quantitative estimate of drug-likeness (QED) is 0.228. The van der Waals surface area contributed by atoms with E-state index >= 15 is 0 Å². The van der Waals surface area contributed by atoms with Crippen molar-refractivity contribution in [1.29, 1.82) is 0 Å². The fourth-order valence-corrected chi connectivity index (χ4v) is 5.92. The Kier molecular flexibility index (Phi) is 12.5. The van der Waals surface area contributed by atoms with Crippen molar-refractivity contribution in [2.45, 2.75) is 102 Å². The number of rotatable bonds is 15. The van der Waals surface area contributed by atoms with Crippen LogP contribution in [-0.4, -0.2) is 73.9 Å². The molecular weight excluding hydrogens is 602 g/mol. The van der Waals surface area contributed by atoms with Crippen LogP contribution in [-0.2, 0) is 62.5 Å². The van der Waals surface area contributed by atoms with Gasteiger partial charge < -0.3 is 43.6 Å². The predicted molar refractivity (Wildman–Crippen MR) is 174 cm³/mol. The van der Waals surface area contributed by atoms with Crippen LogP contribution in [0.15, 0.2) is 91.0 Å². The van der Waals surface area contributed by atoms with Crippen LogP contribution in [0.3, 0.4) is 0 Å². The van der Waals surface area contributed by atoms with Gasteiger partial charge in [-0.05, 0) is 37.5 Å². The van der Waals surface area contributed by atoms with E-state index in [9.17, 15) is 4.79 Å². The molecule has 0 aliphatic carbocycles. The minimum atomic E-state index is -0.937. The minimum absolute atomic E-state index is 0.0674. The highest BCUT2D eigenvalue weighted by Crippen LogP contribution is 2.33. The van der Waals surface area contributed by atoms with Crippen LogP contribution in [0.5, 0.6) is 0 Å². The van der Waals surface area contributed by atoms with E-state index in [1.54, 1.807) is 0 Å². The summed E-state index contributed by atoms with van der Waals surface area (Å²) in [5.74, 6) is -1.19. The number of benzene rings is 3. The average Bonchev–Trinajstić information content (AvgIpc) is 3.36. The molecule has 5 rings (SSSR count). The zero-order valence-corrected chi connectivity index (χ0v) is 27.6. The molecule has 3 unspecified atom stereocenters. The fourth-order valence-electron chi connectivity index (χ4n) is 5.92. The molecule has 2 heterocycles. The Bertz CT molecular complexity index is 1360. The summed E-state index contributed by atoms with van der Waals surface area (Å²) >= 11 is 0. The Morgan fingerprint density at radius 2 is 1.23 bits per heavy atom. The second-order valence-corrected chi connectivity index (χ2v) is 12.4. The number of carbonyl (C=O) groups excluding carboxylic acids is 1. The van der Waals surface area contributed by atoms with E-state index in [-0.39, 0.29) is 45.2 Å². The first-order valence-corrected chi connectivity index (χ1v) is 16.2. The lowest BCUT2D eigenvalue weighted by molar-refractivity contribution is -0.328. The summed E-state index contributed by atoms with van der Waals surface area (Å²) in [6.45, 7) is 7.87. The number of nitrogens with two attached hydrogens (primary N) is 1. The minimum Gasteiger partial charge on any atom is -0.463 e. The van der Waals surface area contributed by atoms with Gasteiger partial charge in [0.1, 0.15) is 37.1 Å². The van der Waals surface area contributed by atoms with E-state index in [0.717, 1.165) is 16.7 Å². The topological polar surface area (TPSA) is 117 Å². The van der Waals surface area contributed by atoms with E-state index in [1.807, 2.05) is 112 Å². The molecule has 254 valence electrons. The van der Waals surface area contributed by atoms with E-state index in [2.05, 4.69) is 0 Å². The third-order valence-corrected chi connectivity index (χ3v) is 8.13. The summed E-state index contributed by atoms with van der Waals surface area (Å²) in [5.41, 5.74) is 9.54. The molecule has 2 saturated heterocycles. The lowest BCUT2D eigenvalue weighted by atomic mass is 9.97. The van der Waals surface area contributed by atoms with Crippen LogP contribution >= 0.6 is 0 Å². The van der Waals surface area contributed by atoms with Crippen molar-refractivity contribution >= 4 is 5.97 Å².